The molecular weight excluding hydrogens is 336 g/mol. The van der Waals surface area contributed by atoms with Gasteiger partial charge in [0, 0.05) is 11.8 Å². The minimum atomic E-state index is -0.0445. The molecule has 4 unspecified atom stereocenters. The van der Waals surface area contributed by atoms with E-state index < -0.39 is 0 Å². The molecule has 1 N–H and O–H groups in total. The molecule has 3 saturated carbocycles. The summed E-state index contributed by atoms with van der Waals surface area (Å²) in [6.45, 7) is 6.44. The number of rotatable bonds is 5. The molecule has 0 heterocycles. The Bertz CT molecular complexity index is 642. The largest absolute Gasteiger partial charge is 0.396 e. The molecule has 4 aliphatic rings. The number of oxime groups is 1. The van der Waals surface area contributed by atoms with Crippen molar-refractivity contribution in [1.29, 1.82) is 0 Å². The topological polar surface area (TPSA) is 50.7 Å². The fraction of sp³-hybridized carbons (Fsp3) is 0.826. The highest BCUT2D eigenvalue weighted by molar-refractivity contribution is 5.87. The zero-order valence-corrected chi connectivity index (χ0v) is 17.3. The predicted octanol–water partition coefficient (Wildman–Crippen LogP) is 4.36. The summed E-state index contributed by atoms with van der Waals surface area (Å²) >= 11 is 0. The van der Waals surface area contributed by atoms with Gasteiger partial charge in [0.2, 0.25) is 0 Å². The highest BCUT2D eigenvalue weighted by atomic mass is 16.6. The van der Waals surface area contributed by atoms with Crippen LogP contribution >= 0.6 is 0 Å². The second kappa shape index (κ2) is 7.35. The predicted molar refractivity (Wildman–Crippen MR) is 109 cm³/mol. The lowest BCUT2D eigenvalue weighted by Gasteiger charge is -2.57. The van der Waals surface area contributed by atoms with Crippen LogP contribution < -0.4 is 5.32 Å². The van der Waals surface area contributed by atoms with Crippen LogP contribution in [0, 0.1) is 34.5 Å². The van der Waals surface area contributed by atoms with Crippen LogP contribution in [0.25, 0.3) is 0 Å². The van der Waals surface area contributed by atoms with Crippen molar-refractivity contribution in [2.45, 2.75) is 65.2 Å². The molecule has 0 aliphatic heterocycles. The summed E-state index contributed by atoms with van der Waals surface area (Å²) < 4.78 is 0. The standard InChI is InChI=1S/C23H36N2O2/c1-22-11-9-17(25-27-14-4-13-24-3)15-16(22)5-6-18-19-7-8-21(26)23(19,2)12-10-20(18)22/h5-6,16,18-20,24H,4,7-15H2,1-3H3/b25-17-/t16?,18?,19?,20?,22-,23-/m0/s1. The Morgan fingerprint density at radius 1 is 1.19 bits per heavy atom. The van der Waals surface area contributed by atoms with Gasteiger partial charge in [-0.3, -0.25) is 4.79 Å². The van der Waals surface area contributed by atoms with Crippen LogP contribution in [0.2, 0.25) is 0 Å². The van der Waals surface area contributed by atoms with Gasteiger partial charge >= 0.3 is 0 Å². The van der Waals surface area contributed by atoms with E-state index in [0.29, 0.717) is 35.6 Å². The Labute approximate surface area is 164 Å². The van der Waals surface area contributed by atoms with Crippen LogP contribution in [0.4, 0.5) is 0 Å². The molecular formula is C23H36N2O2. The van der Waals surface area contributed by atoms with E-state index in [-0.39, 0.29) is 5.41 Å². The lowest BCUT2D eigenvalue weighted by atomic mass is 9.47. The fourth-order valence-corrected chi connectivity index (χ4v) is 6.74. The van der Waals surface area contributed by atoms with E-state index in [9.17, 15) is 4.79 Å². The van der Waals surface area contributed by atoms with Crippen LogP contribution in [0.5, 0.6) is 0 Å². The number of Topliss-reactive ketones (excluding diaryl/α,β-unsaturated/α-hetero) is 1. The summed E-state index contributed by atoms with van der Waals surface area (Å²) in [5.41, 5.74) is 1.55. The van der Waals surface area contributed by atoms with Crippen molar-refractivity contribution in [2.24, 2.45) is 39.7 Å². The first kappa shape index (κ1) is 19.2. The molecule has 0 spiro atoms. The smallest absolute Gasteiger partial charge is 0.139 e. The van der Waals surface area contributed by atoms with E-state index in [1.165, 1.54) is 18.6 Å². The summed E-state index contributed by atoms with van der Waals surface area (Å²) in [6, 6.07) is 0. The van der Waals surface area contributed by atoms with E-state index in [4.69, 9.17) is 4.84 Å². The Kier molecular flexibility index (Phi) is 5.22. The van der Waals surface area contributed by atoms with Crippen molar-refractivity contribution < 1.29 is 9.63 Å². The quantitative estimate of drug-likeness (QED) is 0.443. The minimum absolute atomic E-state index is 0.0445. The summed E-state index contributed by atoms with van der Waals surface area (Å²) in [5.74, 6) is 3.01. The van der Waals surface area contributed by atoms with Crippen LogP contribution in [-0.2, 0) is 9.63 Å². The molecule has 4 aliphatic carbocycles. The minimum Gasteiger partial charge on any atom is -0.396 e. The fourth-order valence-electron chi connectivity index (χ4n) is 6.74. The summed E-state index contributed by atoms with van der Waals surface area (Å²) in [4.78, 5) is 18.1. The molecule has 4 nitrogen and oxygen atoms in total. The molecule has 4 heteroatoms. The molecule has 0 aromatic carbocycles. The number of hydrogen-bond donors (Lipinski definition) is 1. The van der Waals surface area contributed by atoms with Gasteiger partial charge in [0.1, 0.15) is 12.4 Å². The highest BCUT2D eigenvalue weighted by Gasteiger charge is 2.58. The molecule has 0 saturated heterocycles. The Hall–Kier alpha value is -1.16. The van der Waals surface area contributed by atoms with Crippen molar-refractivity contribution >= 4 is 11.5 Å². The highest BCUT2D eigenvalue weighted by Crippen LogP contribution is 2.63. The van der Waals surface area contributed by atoms with Crippen molar-refractivity contribution in [3.8, 4) is 0 Å². The zero-order valence-electron chi connectivity index (χ0n) is 17.3. The van der Waals surface area contributed by atoms with Gasteiger partial charge in [-0.25, -0.2) is 0 Å². The van der Waals surface area contributed by atoms with Gasteiger partial charge in [0.15, 0.2) is 0 Å². The lowest BCUT2D eigenvalue weighted by molar-refractivity contribution is -0.131. The normalized spacial score (nSPS) is 44.7. The summed E-state index contributed by atoms with van der Waals surface area (Å²) in [6.07, 6.45) is 13.5. The number of carbonyl (C=O) groups excluding carboxylic acids is 1. The van der Waals surface area contributed by atoms with Gasteiger partial charge in [0.05, 0.1) is 5.71 Å². The number of nitrogens with zero attached hydrogens (tertiary/aromatic N) is 1. The maximum Gasteiger partial charge on any atom is 0.139 e. The Balaban J connectivity index is 1.46. The molecule has 0 aromatic heterocycles. The molecule has 0 amide bonds. The van der Waals surface area contributed by atoms with Gasteiger partial charge in [-0.2, -0.15) is 0 Å². The number of nitrogens with one attached hydrogen (secondary N) is 1. The third kappa shape index (κ3) is 3.18. The first-order chi connectivity index (χ1) is 13.0. The number of fused-ring (bicyclic) bond motifs is 5. The summed E-state index contributed by atoms with van der Waals surface area (Å²) in [7, 11) is 1.96. The van der Waals surface area contributed by atoms with E-state index in [0.717, 1.165) is 51.0 Å². The Morgan fingerprint density at radius 2 is 2.04 bits per heavy atom. The SMILES string of the molecule is CNCCCO/N=C1/CC[C@@]2(C)C(C=CC3C2CC[C@]2(C)C(=O)CCC32)C1. The number of allylic oxidation sites excluding steroid dienone is 2. The van der Waals surface area contributed by atoms with Crippen LogP contribution in [0.1, 0.15) is 65.2 Å². The number of carbonyl (C=O) groups is 1. The van der Waals surface area contributed by atoms with Crippen molar-refractivity contribution in [2.75, 3.05) is 20.2 Å². The van der Waals surface area contributed by atoms with Crippen LogP contribution in [-0.4, -0.2) is 31.7 Å². The molecule has 0 radical (unpaired) electrons. The molecule has 4 rings (SSSR count). The maximum atomic E-state index is 12.5. The van der Waals surface area contributed by atoms with E-state index in [2.05, 4.69) is 36.5 Å². The first-order valence-electron chi connectivity index (χ1n) is 11.0. The average molecular weight is 373 g/mol. The average Bonchev–Trinajstić information content (AvgIpc) is 2.97. The van der Waals surface area contributed by atoms with Gasteiger partial charge in [-0.15, -0.1) is 0 Å². The van der Waals surface area contributed by atoms with Gasteiger partial charge < -0.3 is 10.2 Å². The third-order valence-electron chi connectivity index (χ3n) is 8.57. The van der Waals surface area contributed by atoms with E-state index >= 15 is 0 Å². The maximum absolute atomic E-state index is 12.5. The van der Waals surface area contributed by atoms with Gasteiger partial charge in [-0.1, -0.05) is 31.2 Å². The Morgan fingerprint density at radius 3 is 2.85 bits per heavy atom. The van der Waals surface area contributed by atoms with E-state index in [1.807, 2.05) is 7.05 Å². The van der Waals surface area contributed by atoms with Gasteiger partial charge in [0.25, 0.3) is 0 Å². The van der Waals surface area contributed by atoms with Gasteiger partial charge in [-0.05, 0) is 87.6 Å². The molecule has 27 heavy (non-hydrogen) atoms. The summed E-state index contributed by atoms with van der Waals surface area (Å²) in [5, 5.41) is 7.60. The molecule has 0 aromatic rings. The van der Waals surface area contributed by atoms with Crippen molar-refractivity contribution in [3.63, 3.8) is 0 Å². The third-order valence-corrected chi connectivity index (χ3v) is 8.57. The number of ketones is 1. The molecule has 150 valence electrons. The molecule has 3 fully saturated rings. The van der Waals surface area contributed by atoms with Crippen molar-refractivity contribution in [3.05, 3.63) is 12.2 Å². The second-order valence-corrected chi connectivity index (χ2v) is 9.86. The van der Waals surface area contributed by atoms with Crippen molar-refractivity contribution in [1.82, 2.24) is 5.32 Å². The lowest BCUT2D eigenvalue weighted by Crippen LogP contribution is -2.51. The van der Waals surface area contributed by atoms with E-state index in [1.54, 1.807) is 0 Å². The second-order valence-electron chi connectivity index (χ2n) is 9.86. The number of hydrogen-bond acceptors (Lipinski definition) is 4. The molecule has 0 bridgehead atoms. The van der Waals surface area contributed by atoms with Crippen LogP contribution in [0.15, 0.2) is 17.3 Å². The zero-order chi connectivity index (χ0) is 19.1. The van der Waals surface area contributed by atoms with Crippen LogP contribution in [0.3, 0.4) is 0 Å². The monoisotopic (exact) mass is 372 g/mol. The first-order valence-corrected chi connectivity index (χ1v) is 11.0. The molecule has 6 atom stereocenters.